The summed E-state index contributed by atoms with van der Waals surface area (Å²) in [4.78, 5) is 15.5. The summed E-state index contributed by atoms with van der Waals surface area (Å²) in [5.41, 5.74) is 3.05. The number of fused-ring (bicyclic) bond motifs is 2. The van der Waals surface area contributed by atoms with Gasteiger partial charge in [-0.15, -0.1) is 0 Å². The van der Waals surface area contributed by atoms with Crippen LogP contribution in [0.1, 0.15) is 28.8 Å². The molecular formula is C23H19FN2O3. The number of carbonyl (C=O) groups is 1. The van der Waals surface area contributed by atoms with Gasteiger partial charge < -0.3 is 15.2 Å². The minimum Gasteiger partial charge on any atom is -0.493 e. The van der Waals surface area contributed by atoms with E-state index in [9.17, 15) is 14.3 Å². The van der Waals surface area contributed by atoms with Crippen LogP contribution in [0.2, 0.25) is 0 Å². The molecule has 0 amide bonds. The fraction of sp³-hybridized carbons (Fsp3) is 0.217. The first kappa shape index (κ1) is 17.7. The number of carboxylic acid groups (broad SMARTS) is 1. The highest BCUT2D eigenvalue weighted by Gasteiger charge is 2.58. The number of ether oxygens (including phenoxy) is 1. The molecule has 29 heavy (non-hydrogen) atoms. The Kier molecular flexibility index (Phi) is 4.01. The Hall–Kier alpha value is -3.41. The Bertz CT molecular complexity index is 1120. The average molecular weight is 390 g/mol. The molecule has 6 heteroatoms. The summed E-state index contributed by atoms with van der Waals surface area (Å²) in [5.74, 6) is -0.473. The monoisotopic (exact) mass is 390 g/mol. The second-order valence-electron chi connectivity index (χ2n) is 7.57. The van der Waals surface area contributed by atoms with Crippen molar-refractivity contribution in [3.05, 3.63) is 77.9 Å². The second-order valence-corrected chi connectivity index (χ2v) is 7.57. The Labute approximate surface area is 167 Å². The van der Waals surface area contributed by atoms with Gasteiger partial charge >= 0.3 is 5.97 Å². The van der Waals surface area contributed by atoms with Crippen molar-refractivity contribution in [1.82, 2.24) is 4.98 Å². The van der Waals surface area contributed by atoms with Crippen LogP contribution in [0.3, 0.4) is 0 Å². The molecule has 1 spiro atoms. The third kappa shape index (κ3) is 2.92. The van der Waals surface area contributed by atoms with E-state index in [1.165, 1.54) is 18.3 Å². The lowest BCUT2D eigenvalue weighted by molar-refractivity contribution is 0.0697. The average Bonchev–Trinajstić information content (AvgIpc) is 3.40. The van der Waals surface area contributed by atoms with Crippen LogP contribution in [-0.2, 0) is 5.41 Å². The van der Waals surface area contributed by atoms with Crippen LogP contribution in [0, 0.1) is 5.82 Å². The minimum absolute atomic E-state index is 0.103. The number of benzene rings is 2. The number of halogens is 1. The van der Waals surface area contributed by atoms with E-state index in [1.54, 1.807) is 18.3 Å². The lowest BCUT2D eigenvalue weighted by atomic mass is 9.87. The molecule has 146 valence electrons. The van der Waals surface area contributed by atoms with Gasteiger partial charge in [-0.2, -0.15) is 0 Å². The number of carboxylic acids is 1. The molecule has 1 fully saturated rings. The maximum absolute atomic E-state index is 14.2. The third-order valence-electron chi connectivity index (χ3n) is 5.97. The molecule has 2 aromatic carbocycles. The molecule has 0 unspecified atom stereocenters. The lowest BCUT2D eigenvalue weighted by Crippen LogP contribution is -2.26. The van der Waals surface area contributed by atoms with Crippen LogP contribution < -0.4 is 10.1 Å². The van der Waals surface area contributed by atoms with Gasteiger partial charge in [0.1, 0.15) is 11.6 Å². The van der Waals surface area contributed by atoms with Gasteiger partial charge in [0.05, 0.1) is 24.1 Å². The van der Waals surface area contributed by atoms with Crippen molar-refractivity contribution < 1.29 is 19.0 Å². The van der Waals surface area contributed by atoms with E-state index >= 15 is 0 Å². The molecule has 5 rings (SSSR count). The second kappa shape index (κ2) is 6.58. The van der Waals surface area contributed by atoms with Crippen molar-refractivity contribution >= 4 is 11.7 Å². The standard InChI is InChI=1S/C23H19FN2O3/c24-18-4-2-1-3-15(18)14-5-6-17-20(11-14)29-10-8-23(17)12-21(23)26-19-13-25-9-7-16(19)22(27)28/h1-7,9,11,13,21,26H,8,10,12H2,(H,27,28)/t21-,23+/m1/s1. The molecule has 1 aliphatic heterocycles. The van der Waals surface area contributed by atoms with E-state index < -0.39 is 5.97 Å². The first-order valence-corrected chi connectivity index (χ1v) is 9.54. The molecule has 2 N–H and O–H groups in total. The molecule has 1 saturated carbocycles. The zero-order valence-electron chi connectivity index (χ0n) is 15.6. The Morgan fingerprint density at radius 2 is 2.10 bits per heavy atom. The van der Waals surface area contributed by atoms with Crippen molar-refractivity contribution in [2.45, 2.75) is 24.3 Å². The van der Waals surface area contributed by atoms with Crippen molar-refractivity contribution in [1.29, 1.82) is 0 Å². The van der Waals surface area contributed by atoms with Crippen LogP contribution >= 0.6 is 0 Å². The minimum atomic E-state index is -0.980. The number of nitrogens with one attached hydrogen (secondary N) is 1. The van der Waals surface area contributed by atoms with Crippen molar-refractivity contribution in [3.63, 3.8) is 0 Å². The summed E-state index contributed by atoms with van der Waals surface area (Å²) in [5, 5.41) is 12.8. The predicted octanol–water partition coefficient (Wildman–Crippen LogP) is 4.49. The maximum atomic E-state index is 14.2. The van der Waals surface area contributed by atoms with Crippen LogP contribution in [0.25, 0.3) is 11.1 Å². The molecule has 0 saturated heterocycles. The van der Waals surface area contributed by atoms with Crippen LogP contribution in [-0.4, -0.2) is 28.7 Å². The summed E-state index contributed by atoms with van der Waals surface area (Å²) in [6.07, 6.45) is 4.76. The highest BCUT2D eigenvalue weighted by molar-refractivity contribution is 5.94. The van der Waals surface area contributed by atoms with Gasteiger partial charge in [-0.3, -0.25) is 4.98 Å². The molecule has 0 radical (unpaired) electrons. The van der Waals surface area contributed by atoms with Gasteiger partial charge in [-0.25, -0.2) is 9.18 Å². The van der Waals surface area contributed by atoms with Gasteiger partial charge in [-0.1, -0.05) is 30.3 Å². The van der Waals surface area contributed by atoms with E-state index in [-0.39, 0.29) is 22.8 Å². The molecule has 3 aromatic rings. The van der Waals surface area contributed by atoms with Crippen LogP contribution in [0.5, 0.6) is 5.75 Å². The summed E-state index contributed by atoms with van der Waals surface area (Å²) in [6.45, 7) is 0.574. The normalized spacial score (nSPS) is 21.9. The predicted molar refractivity (Wildman–Crippen MR) is 107 cm³/mol. The number of hydrogen-bond acceptors (Lipinski definition) is 4. The van der Waals surface area contributed by atoms with E-state index in [1.807, 2.05) is 24.3 Å². The molecular weight excluding hydrogens is 371 g/mol. The van der Waals surface area contributed by atoms with Gasteiger partial charge in [0.25, 0.3) is 0 Å². The SMILES string of the molecule is O=C(O)c1ccncc1N[C@@H]1C[C@]12CCOc1cc(-c3ccccc3F)ccc12. The van der Waals surface area contributed by atoms with Crippen LogP contribution in [0.15, 0.2) is 60.9 Å². The van der Waals surface area contributed by atoms with Crippen molar-refractivity contribution in [2.75, 3.05) is 11.9 Å². The van der Waals surface area contributed by atoms with Gasteiger partial charge in [0, 0.05) is 28.8 Å². The molecule has 2 aliphatic rings. The van der Waals surface area contributed by atoms with Crippen molar-refractivity contribution in [3.8, 4) is 16.9 Å². The number of aromatic carboxylic acids is 1. The number of hydrogen-bond donors (Lipinski definition) is 2. The fourth-order valence-electron chi connectivity index (χ4n) is 4.35. The van der Waals surface area contributed by atoms with E-state index in [0.29, 0.717) is 17.9 Å². The topological polar surface area (TPSA) is 71.5 Å². The third-order valence-corrected chi connectivity index (χ3v) is 5.97. The smallest absolute Gasteiger partial charge is 0.337 e. The zero-order chi connectivity index (χ0) is 20.0. The summed E-state index contributed by atoms with van der Waals surface area (Å²) in [7, 11) is 0. The maximum Gasteiger partial charge on any atom is 0.337 e. The number of rotatable bonds is 4. The largest absolute Gasteiger partial charge is 0.493 e. The van der Waals surface area contributed by atoms with Gasteiger partial charge in [0.15, 0.2) is 0 Å². The number of anilines is 1. The molecule has 2 atom stereocenters. The Morgan fingerprint density at radius 3 is 2.93 bits per heavy atom. The molecule has 5 nitrogen and oxygen atoms in total. The zero-order valence-corrected chi connectivity index (χ0v) is 15.6. The van der Waals surface area contributed by atoms with Crippen molar-refractivity contribution in [2.24, 2.45) is 0 Å². The highest BCUT2D eigenvalue weighted by Crippen LogP contribution is 2.57. The summed E-state index contributed by atoms with van der Waals surface area (Å²) in [6, 6.07) is 14.1. The molecule has 1 aliphatic carbocycles. The lowest BCUT2D eigenvalue weighted by Gasteiger charge is -2.28. The van der Waals surface area contributed by atoms with E-state index in [2.05, 4.69) is 10.3 Å². The summed E-state index contributed by atoms with van der Waals surface area (Å²) >= 11 is 0. The van der Waals surface area contributed by atoms with Gasteiger partial charge in [-0.05, 0) is 36.6 Å². The van der Waals surface area contributed by atoms with E-state index in [4.69, 9.17) is 4.74 Å². The Balaban J connectivity index is 1.45. The number of aromatic nitrogens is 1. The number of nitrogens with zero attached hydrogens (tertiary/aromatic N) is 1. The fourth-order valence-corrected chi connectivity index (χ4v) is 4.35. The Morgan fingerprint density at radius 1 is 1.24 bits per heavy atom. The molecule has 0 bridgehead atoms. The summed E-state index contributed by atoms with van der Waals surface area (Å²) < 4.78 is 20.1. The van der Waals surface area contributed by atoms with E-state index in [0.717, 1.165) is 29.7 Å². The quantitative estimate of drug-likeness (QED) is 0.687. The first-order valence-electron chi connectivity index (χ1n) is 9.54. The first-order chi connectivity index (χ1) is 14.1. The highest BCUT2D eigenvalue weighted by atomic mass is 19.1. The van der Waals surface area contributed by atoms with Crippen LogP contribution in [0.4, 0.5) is 10.1 Å². The molecule has 1 aromatic heterocycles. The molecule has 2 heterocycles. The van der Waals surface area contributed by atoms with Gasteiger partial charge in [0.2, 0.25) is 0 Å². The number of pyridine rings is 1.